The lowest BCUT2D eigenvalue weighted by molar-refractivity contribution is 0.481. The normalized spacial score (nSPS) is 10.5. The molecule has 1 heterocycles. The molecule has 0 atom stereocenters. The van der Waals surface area contributed by atoms with Gasteiger partial charge in [-0.2, -0.15) is 0 Å². The maximum Gasteiger partial charge on any atom is 0.130 e. The topological polar surface area (TPSA) is 34.1 Å². The number of ether oxygens (including phenoxy) is 1. The van der Waals surface area contributed by atoms with E-state index < -0.39 is 0 Å². The number of hydrogen-bond donors (Lipinski definition) is 1. The Labute approximate surface area is 126 Å². The Morgan fingerprint density at radius 2 is 2.00 bits per heavy atom. The summed E-state index contributed by atoms with van der Waals surface area (Å²) in [6.45, 7) is 6.48. The molecule has 0 fully saturated rings. The monoisotopic (exact) mass is 280 g/mol. The number of pyridine rings is 1. The first kappa shape index (κ1) is 14.9. The van der Waals surface area contributed by atoms with Crippen LogP contribution >= 0.6 is 0 Å². The van der Waals surface area contributed by atoms with Crippen molar-refractivity contribution in [1.29, 1.82) is 0 Å². The molecule has 0 unspecified atom stereocenters. The van der Waals surface area contributed by atoms with Crippen molar-refractivity contribution in [3.05, 3.63) is 73.1 Å². The van der Waals surface area contributed by atoms with Gasteiger partial charge in [-0.05, 0) is 43.7 Å². The Morgan fingerprint density at radius 1 is 1.19 bits per heavy atom. The number of aryl methyl sites for hydroxylation is 1. The highest BCUT2D eigenvalue weighted by Crippen LogP contribution is 2.22. The number of allylic oxidation sites excluding steroid dienone is 2. The van der Waals surface area contributed by atoms with E-state index >= 15 is 0 Å². The number of anilines is 1. The van der Waals surface area contributed by atoms with Crippen LogP contribution in [-0.2, 0) is 0 Å². The van der Waals surface area contributed by atoms with E-state index in [1.807, 2.05) is 49.4 Å². The van der Waals surface area contributed by atoms with E-state index in [0.717, 1.165) is 35.8 Å². The number of nitrogens with one attached hydrogen (secondary N) is 1. The van der Waals surface area contributed by atoms with E-state index in [4.69, 9.17) is 4.74 Å². The zero-order valence-corrected chi connectivity index (χ0v) is 12.3. The fourth-order valence-corrected chi connectivity index (χ4v) is 1.85. The summed E-state index contributed by atoms with van der Waals surface area (Å²) in [5.41, 5.74) is 2.03. The highest BCUT2D eigenvalue weighted by molar-refractivity contribution is 5.47. The van der Waals surface area contributed by atoms with Gasteiger partial charge in [0, 0.05) is 30.2 Å². The Kier molecular flexibility index (Phi) is 5.59. The van der Waals surface area contributed by atoms with Crippen molar-refractivity contribution >= 4 is 5.69 Å². The zero-order chi connectivity index (χ0) is 14.9. The molecule has 0 bridgehead atoms. The van der Waals surface area contributed by atoms with Crippen LogP contribution in [0.15, 0.2) is 67.4 Å². The molecule has 21 heavy (non-hydrogen) atoms. The van der Waals surface area contributed by atoms with Gasteiger partial charge >= 0.3 is 0 Å². The highest BCUT2D eigenvalue weighted by atomic mass is 16.5. The van der Waals surface area contributed by atoms with E-state index in [0.29, 0.717) is 0 Å². The second kappa shape index (κ2) is 7.90. The second-order valence-corrected chi connectivity index (χ2v) is 4.64. The largest absolute Gasteiger partial charge is 0.457 e. The number of hydrogen-bond acceptors (Lipinski definition) is 3. The van der Waals surface area contributed by atoms with Crippen LogP contribution in [0.2, 0.25) is 0 Å². The van der Waals surface area contributed by atoms with Gasteiger partial charge < -0.3 is 10.1 Å². The van der Waals surface area contributed by atoms with Crippen molar-refractivity contribution in [2.45, 2.75) is 13.3 Å². The Morgan fingerprint density at radius 3 is 2.71 bits per heavy atom. The summed E-state index contributed by atoms with van der Waals surface area (Å²) in [4.78, 5) is 4.15. The molecule has 0 saturated carbocycles. The lowest BCUT2D eigenvalue weighted by Crippen LogP contribution is -1.99. The van der Waals surface area contributed by atoms with Gasteiger partial charge in [0.1, 0.15) is 11.5 Å². The van der Waals surface area contributed by atoms with Gasteiger partial charge in [-0.25, -0.2) is 0 Å². The van der Waals surface area contributed by atoms with E-state index in [2.05, 4.69) is 23.0 Å². The fourth-order valence-electron chi connectivity index (χ4n) is 1.85. The van der Waals surface area contributed by atoms with Crippen LogP contribution in [0.3, 0.4) is 0 Å². The zero-order valence-electron chi connectivity index (χ0n) is 12.3. The maximum atomic E-state index is 5.78. The molecule has 108 valence electrons. The van der Waals surface area contributed by atoms with E-state index in [-0.39, 0.29) is 0 Å². The minimum atomic E-state index is 0.803. The first-order valence-electron chi connectivity index (χ1n) is 7.00. The molecule has 0 aliphatic carbocycles. The predicted octanol–water partition coefficient (Wildman–Crippen LogP) is 4.73. The fraction of sp³-hybridized carbons (Fsp3) is 0.167. The molecule has 3 nitrogen and oxygen atoms in total. The molecule has 3 heteroatoms. The van der Waals surface area contributed by atoms with Crippen molar-refractivity contribution in [3.63, 3.8) is 0 Å². The summed E-state index contributed by atoms with van der Waals surface area (Å²) in [5, 5.41) is 3.35. The average molecular weight is 280 g/mol. The van der Waals surface area contributed by atoms with Crippen molar-refractivity contribution < 1.29 is 4.74 Å². The van der Waals surface area contributed by atoms with Gasteiger partial charge in [-0.3, -0.25) is 4.98 Å². The lowest BCUT2D eigenvalue weighted by Gasteiger charge is -2.08. The third kappa shape index (κ3) is 5.15. The second-order valence-electron chi connectivity index (χ2n) is 4.64. The molecule has 0 radical (unpaired) electrons. The molecular formula is C18H20N2O. The molecule has 0 aliphatic heterocycles. The minimum absolute atomic E-state index is 0.803. The van der Waals surface area contributed by atoms with Crippen LogP contribution in [0.5, 0.6) is 11.5 Å². The molecule has 0 saturated heterocycles. The van der Waals surface area contributed by atoms with Gasteiger partial charge in [0.2, 0.25) is 0 Å². The molecule has 1 aromatic heterocycles. The third-order valence-corrected chi connectivity index (χ3v) is 2.87. The van der Waals surface area contributed by atoms with Crippen LogP contribution < -0.4 is 10.1 Å². The van der Waals surface area contributed by atoms with Crippen molar-refractivity contribution in [1.82, 2.24) is 4.98 Å². The van der Waals surface area contributed by atoms with Gasteiger partial charge in [0.15, 0.2) is 0 Å². The highest BCUT2D eigenvalue weighted by Gasteiger charge is 1.98. The van der Waals surface area contributed by atoms with Crippen LogP contribution in [0.4, 0.5) is 5.69 Å². The van der Waals surface area contributed by atoms with Crippen LogP contribution in [0.1, 0.15) is 12.1 Å². The molecule has 1 N–H and O–H groups in total. The van der Waals surface area contributed by atoms with Gasteiger partial charge in [-0.1, -0.05) is 24.8 Å². The SMILES string of the molecule is C=C/C=C\CCNc1ccc(Oc2ccnc(C)c2)cc1. The smallest absolute Gasteiger partial charge is 0.130 e. The summed E-state index contributed by atoms with van der Waals surface area (Å²) in [7, 11) is 0. The number of nitrogens with zero attached hydrogens (tertiary/aromatic N) is 1. The Hall–Kier alpha value is -2.55. The number of benzene rings is 1. The van der Waals surface area contributed by atoms with Crippen molar-refractivity contribution in [2.24, 2.45) is 0 Å². The molecule has 0 amide bonds. The number of aromatic nitrogens is 1. The maximum absolute atomic E-state index is 5.78. The quantitative estimate of drug-likeness (QED) is 0.588. The molecule has 0 aliphatic rings. The number of rotatable bonds is 7. The van der Waals surface area contributed by atoms with E-state index in [9.17, 15) is 0 Å². The van der Waals surface area contributed by atoms with Gasteiger partial charge in [-0.15, -0.1) is 0 Å². The summed E-state index contributed by atoms with van der Waals surface area (Å²) in [6.07, 6.45) is 8.55. The Balaban J connectivity index is 1.87. The minimum Gasteiger partial charge on any atom is -0.457 e. The Bertz CT molecular complexity index is 603. The summed E-state index contributed by atoms with van der Waals surface area (Å²) in [6, 6.07) is 11.7. The van der Waals surface area contributed by atoms with Gasteiger partial charge in [0.25, 0.3) is 0 Å². The van der Waals surface area contributed by atoms with E-state index in [1.54, 1.807) is 12.3 Å². The molecule has 0 spiro atoms. The lowest BCUT2D eigenvalue weighted by atomic mass is 10.3. The van der Waals surface area contributed by atoms with Crippen LogP contribution in [-0.4, -0.2) is 11.5 Å². The van der Waals surface area contributed by atoms with Crippen LogP contribution in [0, 0.1) is 6.92 Å². The molecule has 1 aromatic carbocycles. The molecular weight excluding hydrogens is 260 g/mol. The standard InChI is InChI=1S/C18H20N2O/c1-3-4-5-6-12-20-16-7-9-17(10-8-16)21-18-11-13-19-15(2)14-18/h3-5,7-11,13-14,20H,1,6,12H2,2H3/b5-4-. The summed E-state index contributed by atoms with van der Waals surface area (Å²) >= 11 is 0. The predicted molar refractivity (Wildman–Crippen MR) is 87.9 cm³/mol. The average Bonchev–Trinajstić information content (AvgIpc) is 2.49. The van der Waals surface area contributed by atoms with Crippen molar-refractivity contribution in [3.8, 4) is 11.5 Å². The van der Waals surface area contributed by atoms with Crippen molar-refractivity contribution in [2.75, 3.05) is 11.9 Å². The van der Waals surface area contributed by atoms with Gasteiger partial charge in [0.05, 0.1) is 0 Å². The first-order chi connectivity index (χ1) is 10.3. The van der Waals surface area contributed by atoms with Crippen LogP contribution in [0.25, 0.3) is 0 Å². The van der Waals surface area contributed by atoms with E-state index in [1.165, 1.54) is 0 Å². The molecule has 2 rings (SSSR count). The first-order valence-corrected chi connectivity index (χ1v) is 7.00. The summed E-state index contributed by atoms with van der Waals surface area (Å²) < 4.78 is 5.78. The molecule has 2 aromatic rings. The third-order valence-electron chi connectivity index (χ3n) is 2.87. The summed E-state index contributed by atoms with van der Waals surface area (Å²) in [5.74, 6) is 1.62.